The first-order valence-corrected chi connectivity index (χ1v) is 8.55. The summed E-state index contributed by atoms with van der Waals surface area (Å²) in [6, 6.07) is 0.209. The Bertz CT molecular complexity index is 429. The van der Waals surface area contributed by atoms with Gasteiger partial charge in [-0.05, 0) is 25.2 Å². The Morgan fingerprint density at radius 2 is 2.11 bits per heavy atom. The van der Waals surface area contributed by atoms with E-state index >= 15 is 0 Å². The Labute approximate surface area is 109 Å². The van der Waals surface area contributed by atoms with E-state index in [1.54, 1.807) is 0 Å². The summed E-state index contributed by atoms with van der Waals surface area (Å²) in [4.78, 5) is 14.1. The fraction of sp³-hybridized carbons (Fsp3) is 0.917. The fourth-order valence-corrected chi connectivity index (χ4v) is 4.24. The van der Waals surface area contributed by atoms with Crippen molar-refractivity contribution in [2.45, 2.75) is 32.2 Å². The topological polar surface area (TPSA) is 66.5 Å². The molecule has 0 aromatic carbocycles. The highest BCUT2D eigenvalue weighted by Gasteiger charge is 2.47. The van der Waals surface area contributed by atoms with Crippen LogP contribution in [-0.2, 0) is 14.6 Å². The molecule has 1 atom stereocenters. The zero-order chi connectivity index (χ0) is 13.4. The molecule has 1 aliphatic heterocycles. The van der Waals surface area contributed by atoms with Crippen molar-refractivity contribution < 1.29 is 13.2 Å². The quantitative estimate of drug-likeness (QED) is 0.785. The molecule has 1 heterocycles. The van der Waals surface area contributed by atoms with E-state index in [1.165, 1.54) is 6.26 Å². The predicted octanol–water partition coefficient (Wildman–Crippen LogP) is 0.0216. The van der Waals surface area contributed by atoms with Crippen molar-refractivity contribution >= 4 is 15.7 Å². The number of sulfone groups is 1. The van der Waals surface area contributed by atoms with Gasteiger partial charge in [0.25, 0.3) is 0 Å². The number of amides is 1. The fourth-order valence-electron chi connectivity index (χ4n) is 2.74. The van der Waals surface area contributed by atoms with Gasteiger partial charge in [0.1, 0.15) is 9.84 Å². The molecule has 2 aliphatic rings. The van der Waals surface area contributed by atoms with Crippen molar-refractivity contribution in [3.05, 3.63) is 0 Å². The standard InChI is InChI=1S/C12H22N2O3S/c1-10-8-13-5-6-14(10)11(15)7-12(3-4-12)9-18(2,16)17/h10,13H,3-9H2,1-2H3/t10-/m1/s1. The number of carbonyl (C=O) groups is 1. The molecule has 1 amide bonds. The van der Waals surface area contributed by atoms with E-state index in [4.69, 9.17) is 0 Å². The first-order valence-electron chi connectivity index (χ1n) is 6.49. The number of piperazine rings is 1. The largest absolute Gasteiger partial charge is 0.337 e. The molecule has 0 bridgehead atoms. The molecule has 6 heteroatoms. The Hall–Kier alpha value is -0.620. The minimum Gasteiger partial charge on any atom is -0.337 e. The second-order valence-corrected chi connectivity index (χ2v) is 8.03. The van der Waals surface area contributed by atoms with Crippen LogP contribution in [0.25, 0.3) is 0 Å². The van der Waals surface area contributed by atoms with E-state index in [1.807, 2.05) is 11.8 Å². The maximum atomic E-state index is 12.3. The lowest BCUT2D eigenvalue weighted by atomic mass is 10.0. The zero-order valence-corrected chi connectivity index (χ0v) is 11.9. The molecule has 2 rings (SSSR count). The van der Waals surface area contributed by atoms with Crippen LogP contribution in [0.3, 0.4) is 0 Å². The first-order chi connectivity index (χ1) is 8.31. The molecule has 0 unspecified atom stereocenters. The van der Waals surface area contributed by atoms with E-state index in [2.05, 4.69) is 5.32 Å². The lowest BCUT2D eigenvalue weighted by Crippen LogP contribution is -2.52. The lowest BCUT2D eigenvalue weighted by Gasteiger charge is -2.35. The maximum Gasteiger partial charge on any atom is 0.223 e. The average Bonchev–Trinajstić information content (AvgIpc) is 2.95. The van der Waals surface area contributed by atoms with Gasteiger partial charge in [-0.25, -0.2) is 8.42 Å². The minimum atomic E-state index is -2.99. The van der Waals surface area contributed by atoms with Gasteiger partial charge >= 0.3 is 0 Å². The summed E-state index contributed by atoms with van der Waals surface area (Å²) >= 11 is 0. The van der Waals surface area contributed by atoms with E-state index in [0.29, 0.717) is 6.42 Å². The highest BCUT2D eigenvalue weighted by Crippen LogP contribution is 2.50. The maximum absolute atomic E-state index is 12.3. The molecule has 2 fully saturated rings. The predicted molar refractivity (Wildman–Crippen MR) is 70.0 cm³/mol. The van der Waals surface area contributed by atoms with Crippen molar-refractivity contribution in [2.75, 3.05) is 31.6 Å². The number of hydrogen-bond acceptors (Lipinski definition) is 4. The van der Waals surface area contributed by atoms with Crippen LogP contribution >= 0.6 is 0 Å². The molecule has 18 heavy (non-hydrogen) atoms. The van der Waals surface area contributed by atoms with Gasteiger partial charge in [-0.3, -0.25) is 4.79 Å². The van der Waals surface area contributed by atoms with Gasteiger partial charge in [-0.1, -0.05) is 0 Å². The van der Waals surface area contributed by atoms with Gasteiger partial charge < -0.3 is 10.2 Å². The molecule has 0 radical (unpaired) electrons. The summed E-state index contributed by atoms with van der Waals surface area (Å²) in [5, 5.41) is 3.25. The molecule has 0 aromatic rings. The van der Waals surface area contributed by atoms with Crippen LogP contribution in [0.1, 0.15) is 26.2 Å². The van der Waals surface area contributed by atoms with Crippen molar-refractivity contribution in [1.29, 1.82) is 0 Å². The van der Waals surface area contributed by atoms with E-state index in [0.717, 1.165) is 32.5 Å². The van der Waals surface area contributed by atoms with Crippen LogP contribution in [0.4, 0.5) is 0 Å². The van der Waals surface area contributed by atoms with Gasteiger partial charge in [0, 0.05) is 38.4 Å². The highest BCUT2D eigenvalue weighted by molar-refractivity contribution is 7.90. The third-order valence-electron chi connectivity index (χ3n) is 3.87. The molecule has 1 aliphatic carbocycles. The molecule has 1 saturated carbocycles. The third-order valence-corrected chi connectivity index (χ3v) is 5.01. The summed E-state index contributed by atoms with van der Waals surface area (Å²) in [6.45, 7) is 4.41. The van der Waals surface area contributed by atoms with Crippen LogP contribution < -0.4 is 5.32 Å². The summed E-state index contributed by atoms with van der Waals surface area (Å²) < 4.78 is 22.7. The van der Waals surface area contributed by atoms with Gasteiger partial charge in [-0.2, -0.15) is 0 Å². The Kier molecular flexibility index (Phi) is 3.69. The molecule has 1 N–H and O–H groups in total. The highest BCUT2D eigenvalue weighted by atomic mass is 32.2. The summed E-state index contributed by atoms with van der Waals surface area (Å²) in [5.74, 6) is 0.275. The molecular weight excluding hydrogens is 252 g/mol. The summed E-state index contributed by atoms with van der Waals surface area (Å²) in [5.41, 5.74) is -0.255. The van der Waals surface area contributed by atoms with Crippen molar-refractivity contribution in [3.63, 3.8) is 0 Å². The minimum absolute atomic E-state index is 0.116. The summed E-state index contributed by atoms with van der Waals surface area (Å²) in [6.07, 6.45) is 3.38. The van der Waals surface area contributed by atoms with Crippen molar-refractivity contribution in [3.8, 4) is 0 Å². The second kappa shape index (κ2) is 4.81. The molecule has 0 spiro atoms. The Balaban J connectivity index is 1.95. The van der Waals surface area contributed by atoms with Crippen molar-refractivity contribution in [1.82, 2.24) is 10.2 Å². The van der Waals surface area contributed by atoms with Crippen LogP contribution in [0.2, 0.25) is 0 Å². The number of rotatable bonds is 4. The molecule has 1 saturated heterocycles. The van der Waals surface area contributed by atoms with E-state index in [9.17, 15) is 13.2 Å². The zero-order valence-electron chi connectivity index (χ0n) is 11.1. The van der Waals surface area contributed by atoms with Gasteiger partial charge in [0.15, 0.2) is 0 Å². The van der Waals surface area contributed by atoms with Crippen LogP contribution in [0.15, 0.2) is 0 Å². The van der Waals surface area contributed by atoms with Crippen LogP contribution in [0.5, 0.6) is 0 Å². The Morgan fingerprint density at radius 3 is 2.61 bits per heavy atom. The second-order valence-electron chi connectivity index (χ2n) is 5.89. The lowest BCUT2D eigenvalue weighted by molar-refractivity contribution is -0.135. The third kappa shape index (κ3) is 3.45. The molecule has 104 valence electrons. The average molecular weight is 274 g/mol. The van der Waals surface area contributed by atoms with Gasteiger partial charge in [0.05, 0.1) is 5.75 Å². The molecule has 0 aromatic heterocycles. The number of carbonyl (C=O) groups excluding carboxylic acids is 1. The van der Waals surface area contributed by atoms with Crippen molar-refractivity contribution in [2.24, 2.45) is 5.41 Å². The number of nitrogens with zero attached hydrogens (tertiary/aromatic N) is 1. The summed E-state index contributed by atoms with van der Waals surface area (Å²) in [7, 11) is -2.99. The number of hydrogen-bond donors (Lipinski definition) is 1. The normalized spacial score (nSPS) is 27.0. The SMILES string of the molecule is C[C@@H]1CNCCN1C(=O)CC1(CS(C)(=O)=O)CC1. The smallest absolute Gasteiger partial charge is 0.223 e. The van der Waals surface area contributed by atoms with Gasteiger partial charge in [0.2, 0.25) is 5.91 Å². The van der Waals surface area contributed by atoms with Crippen LogP contribution in [-0.4, -0.2) is 56.9 Å². The molecular formula is C12H22N2O3S. The van der Waals surface area contributed by atoms with Crippen LogP contribution in [0, 0.1) is 5.41 Å². The van der Waals surface area contributed by atoms with E-state index in [-0.39, 0.29) is 23.1 Å². The van der Waals surface area contributed by atoms with Gasteiger partial charge in [-0.15, -0.1) is 0 Å². The monoisotopic (exact) mass is 274 g/mol. The van der Waals surface area contributed by atoms with E-state index < -0.39 is 9.84 Å². The number of nitrogens with one attached hydrogen (secondary N) is 1. The first kappa shape index (κ1) is 13.8. The molecule has 5 nitrogen and oxygen atoms in total. The Morgan fingerprint density at radius 1 is 1.44 bits per heavy atom.